The molecule has 1 heterocycles. The largest absolute Gasteiger partial charge is 0.268 e. The summed E-state index contributed by atoms with van der Waals surface area (Å²) >= 11 is 5.59. The van der Waals surface area contributed by atoms with Crippen LogP contribution in [0, 0.1) is 5.82 Å². The van der Waals surface area contributed by atoms with Gasteiger partial charge in [-0.25, -0.2) is 17.5 Å². The Hall–Kier alpha value is -1.60. The van der Waals surface area contributed by atoms with Gasteiger partial charge in [-0.05, 0) is 17.7 Å². The zero-order valence-electron chi connectivity index (χ0n) is 9.97. The van der Waals surface area contributed by atoms with E-state index in [9.17, 15) is 12.8 Å². The summed E-state index contributed by atoms with van der Waals surface area (Å²) < 4.78 is 39.4. The highest BCUT2D eigenvalue weighted by molar-refractivity contribution is 7.92. The van der Waals surface area contributed by atoms with Gasteiger partial charge in [-0.2, -0.15) is 5.10 Å². The number of nitrogens with one attached hydrogen (secondary N) is 1. The van der Waals surface area contributed by atoms with Crippen LogP contribution in [0.5, 0.6) is 0 Å². The summed E-state index contributed by atoms with van der Waals surface area (Å²) in [7, 11) is -3.38. The lowest BCUT2D eigenvalue weighted by Gasteiger charge is -2.08. The number of aromatic nitrogens is 2. The maximum Gasteiger partial charge on any atom is 0.230 e. The van der Waals surface area contributed by atoms with E-state index in [1.165, 1.54) is 29.1 Å². The molecule has 0 saturated carbocycles. The Labute approximate surface area is 115 Å². The molecule has 19 heavy (non-hydrogen) atoms. The summed E-state index contributed by atoms with van der Waals surface area (Å²) in [5.74, 6) is -0.207. The lowest BCUT2D eigenvalue weighted by molar-refractivity contribution is 0.604. The Balaban J connectivity index is 2.24. The predicted molar refractivity (Wildman–Crippen MR) is 71.2 cm³/mol. The summed E-state index contributed by atoms with van der Waals surface area (Å²) in [6, 6.07) is 5.90. The second-order valence-corrected chi connectivity index (χ2v) is 6.15. The van der Waals surface area contributed by atoms with Crippen molar-refractivity contribution in [2.45, 2.75) is 6.54 Å². The maximum absolute atomic E-state index is 13.3. The summed E-state index contributed by atoms with van der Waals surface area (Å²) in [6.07, 6.45) is 2.51. The van der Waals surface area contributed by atoms with Gasteiger partial charge in [0.1, 0.15) is 11.6 Å². The van der Waals surface area contributed by atoms with Crippen molar-refractivity contribution >= 4 is 27.4 Å². The van der Waals surface area contributed by atoms with Gasteiger partial charge in [-0.1, -0.05) is 17.7 Å². The van der Waals surface area contributed by atoms with Crippen molar-refractivity contribution in [3.05, 3.63) is 46.9 Å². The Morgan fingerprint density at radius 3 is 2.79 bits per heavy atom. The van der Waals surface area contributed by atoms with E-state index in [0.29, 0.717) is 11.4 Å². The molecule has 0 bridgehead atoms. The highest BCUT2D eigenvalue weighted by atomic mass is 35.5. The fraction of sp³-hybridized carbons (Fsp3) is 0.182. The smallest absolute Gasteiger partial charge is 0.230 e. The van der Waals surface area contributed by atoms with Crippen molar-refractivity contribution in [3.63, 3.8) is 0 Å². The molecule has 0 aliphatic rings. The quantitative estimate of drug-likeness (QED) is 0.940. The van der Waals surface area contributed by atoms with E-state index < -0.39 is 15.8 Å². The molecule has 2 aromatic rings. The van der Waals surface area contributed by atoms with Crippen molar-refractivity contribution in [2.75, 3.05) is 11.0 Å². The predicted octanol–water partition coefficient (Wildman–Crippen LogP) is 2.10. The molecule has 2 rings (SSSR count). The molecular formula is C11H11ClFN3O2S. The average molecular weight is 304 g/mol. The molecule has 0 radical (unpaired) electrons. The van der Waals surface area contributed by atoms with Gasteiger partial charge in [0.05, 0.1) is 24.0 Å². The first-order valence-corrected chi connectivity index (χ1v) is 7.55. The second kappa shape index (κ2) is 5.18. The fourth-order valence-corrected chi connectivity index (χ4v) is 2.22. The summed E-state index contributed by atoms with van der Waals surface area (Å²) in [4.78, 5) is 0. The van der Waals surface area contributed by atoms with Crippen LogP contribution in [-0.4, -0.2) is 24.5 Å². The highest BCUT2D eigenvalue weighted by Gasteiger charge is 2.09. The zero-order chi connectivity index (χ0) is 14.0. The normalized spacial score (nSPS) is 11.5. The number of sulfonamides is 1. The van der Waals surface area contributed by atoms with Gasteiger partial charge in [-0.3, -0.25) is 4.72 Å². The average Bonchev–Trinajstić information content (AvgIpc) is 2.69. The number of rotatable bonds is 4. The van der Waals surface area contributed by atoms with Crippen LogP contribution >= 0.6 is 11.6 Å². The van der Waals surface area contributed by atoms with Crippen molar-refractivity contribution in [1.29, 1.82) is 0 Å². The molecule has 0 unspecified atom stereocenters. The van der Waals surface area contributed by atoms with Gasteiger partial charge in [0.15, 0.2) is 0 Å². The number of benzene rings is 1. The first kappa shape index (κ1) is 13.8. The molecule has 102 valence electrons. The Kier molecular flexibility index (Phi) is 3.77. The van der Waals surface area contributed by atoms with E-state index in [1.807, 2.05) is 0 Å². The number of halogens is 2. The third-order valence-electron chi connectivity index (χ3n) is 2.32. The molecule has 0 atom stereocenters. The molecule has 5 nitrogen and oxygen atoms in total. The molecular weight excluding hydrogens is 293 g/mol. The summed E-state index contributed by atoms with van der Waals surface area (Å²) in [5.41, 5.74) is 0.627. The Bertz CT molecular complexity index is 700. The fourth-order valence-electron chi connectivity index (χ4n) is 1.55. The third kappa shape index (κ3) is 3.68. The lowest BCUT2D eigenvalue weighted by Crippen LogP contribution is -2.14. The number of hydrogen-bond acceptors (Lipinski definition) is 3. The molecule has 0 aliphatic carbocycles. The van der Waals surface area contributed by atoms with Crippen LogP contribution in [0.4, 0.5) is 10.2 Å². The monoisotopic (exact) mass is 303 g/mol. The van der Waals surface area contributed by atoms with Crippen molar-refractivity contribution in [2.24, 2.45) is 0 Å². The summed E-state index contributed by atoms with van der Waals surface area (Å²) in [5, 5.41) is 4.02. The van der Waals surface area contributed by atoms with Gasteiger partial charge in [0.25, 0.3) is 0 Å². The van der Waals surface area contributed by atoms with Gasteiger partial charge in [-0.15, -0.1) is 0 Å². The highest BCUT2D eigenvalue weighted by Crippen LogP contribution is 2.17. The van der Waals surface area contributed by atoms with E-state index in [2.05, 4.69) is 9.82 Å². The first-order chi connectivity index (χ1) is 8.85. The summed E-state index contributed by atoms with van der Waals surface area (Å²) in [6.45, 7) is 0.235. The van der Waals surface area contributed by atoms with Gasteiger partial charge in [0, 0.05) is 6.07 Å². The minimum atomic E-state index is -3.38. The van der Waals surface area contributed by atoms with Crippen molar-refractivity contribution < 1.29 is 12.8 Å². The Morgan fingerprint density at radius 2 is 2.16 bits per heavy atom. The van der Waals surface area contributed by atoms with E-state index in [-0.39, 0.29) is 11.6 Å². The topological polar surface area (TPSA) is 64.0 Å². The van der Waals surface area contributed by atoms with Crippen LogP contribution in [0.25, 0.3) is 0 Å². The van der Waals surface area contributed by atoms with Gasteiger partial charge in [0.2, 0.25) is 10.0 Å². The van der Waals surface area contributed by atoms with E-state index in [0.717, 1.165) is 6.26 Å². The maximum atomic E-state index is 13.3. The standard InChI is InChI=1S/C11H11ClFN3O2S/c1-19(17,18)15-11-4-5-14-16(11)7-8-2-3-9(12)10(13)6-8/h2-6,15H,7H2,1H3. The third-order valence-corrected chi connectivity index (χ3v) is 3.21. The van der Waals surface area contributed by atoms with E-state index in [1.54, 1.807) is 6.07 Å². The minimum Gasteiger partial charge on any atom is -0.268 e. The number of anilines is 1. The van der Waals surface area contributed by atoms with Crippen LogP contribution in [0.1, 0.15) is 5.56 Å². The minimum absolute atomic E-state index is 0.0405. The zero-order valence-corrected chi connectivity index (χ0v) is 11.5. The number of nitrogens with zero attached hydrogens (tertiary/aromatic N) is 2. The van der Waals surface area contributed by atoms with Crippen LogP contribution in [0.15, 0.2) is 30.5 Å². The van der Waals surface area contributed by atoms with Crippen molar-refractivity contribution in [3.8, 4) is 0 Å². The molecule has 0 saturated heterocycles. The van der Waals surface area contributed by atoms with Gasteiger partial charge >= 0.3 is 0 Å². The molecule has 8 heteroatoms. The van der Waals surface area contributed by atoms with Crippen molar-refractivity contribution in [1.82, 2.24) is 9.78 Å². The molecule has 1 aromatic heterocycles. The lowest BCUT2D eigenvalue weighted by atomic mass is 10.2. The van der Waals surface area contributed by atoms with Crippen LogP contribution < -0.4 is 4.72 Å². The molecule has 0 aliphatic heterocycles. The van der Waals surface area contributed by atoms with Crippen LogP contribution in [-0.2, 0) is 16.6 Å². The molecule has 1 N–H and O–H groups in total. The molecule has 0 amide bonds. The molecule has 0 spiro atoms. The Morgan fingerprint density at radius 1 is 1.42 bits per heavy atom. The molecule has 0 fully saturated rings. The van der Waals surface area contributed by atoms with Crippen LogP contribution in [0.2, 0.25) is 5.02 Å². The SMILES string of the molecule is CS(=O)(=O)Nc1ccnn1Cc1ccc(Cl)c(F)c1. The van der Waals surface area contributed by atoms with Crippen LogP contribution in [0.3, 0.4) is 0 Å². The second-order valence-electron chi connectivity index (χ2n) is 4.00. The molecule has 1 aromatic carbocycles. The first-order valence-electron chi connectivity index (χ1n) is 5.29. The van der Waals surface area contributed by atoms with E-state index in [4.69, 9.17) is 11.6 Å². The van der Waals surface area contributed by atoms with E-state index >= 15 is 0 Å². The number of hydrogen-bond donors (Lipinski definition) is 1. The van der Waals surface area contributed by atoms with Gasteiger partial charge < -0.3 is 0 Å².